The van der Waals surface area contributed by atoms with Crippen LogP contribution >= 0.6 is 11.6 Å². The van der Waals surface area contributed by atoms with E-state index in [4.69, 9.17) is 16.0 Å². The summed E-state index contributed by atoms with van der Waals surface area (Å²) >= 11 is 6.05. The molecule has 0 N–H and O–H groups in total. The highest BCUT2D eigenvalue weighted by Crippen LogP contribution is 2.40. The van der Waals surface area contributed by atoms with Crippen molar-refractivity contribution in [3.05, 3.63) is 103 Å². The summed E-state index contributed by atoms with van der Waals surface area (Å²) in [5.74, 6) is -0.743. The van der Waals surface area contributed by atoms with Gasteiger partial charge in [-0.3, -0.25) is 24.6 Å². The third-order valence-electron chi connectivity index (χ3n) is 5.00. The van der Waals surface area contributed by atoms with Crippen LogP contribution in [0.4, 0.5) is 11.6 Å². The van der Waals surface area contributed by atoms with Gasteiger partial charge < -0.3 is 4.42 Å². The molecule has 4 aromatic rings. The van der Waals surface area contributed by atoms with E-state index < -0.39 is 22.3 Å². The summed E-state index contributed by atoms with van der Waals surface area (Å²) in [6.45, 7) is 0. The molecule has 1 aliphatic rings. The normalized spacial score (nSPS) is 15.3. The number of carbonyl (C=O) groups excluding carboxylic acids is 1. The van der Waals surface area contributed by atoms with Crippen molar-refractivity contribution in [1.29, 1.82) is 0 Å². The number of nitro benzene ring substituents is 1. The molecule has 0 saturated heterocycles. The first-order chi connectivity index (χ1) is 15.0. The third kappa shape index (κ3) is 2.94. The number of amides is 1. The molecule has 1 aliphatic heterocycles. The zero-order chi connectivity index (χ0) is 21.7. The molecule has 9 nitrogen and oxygen atoms in total. The summed E-state index contributed by atoms with van der Waals surface area (Å²) < 4.78 is 5.79. The van der Waals surface area contributed by atoms with Crippen molar-refractivity contribution in [3.8, 4) is 0 Å². The second-order valence-electron chi connectivity index (χ2n) is 6.79. The summed E-state index contributed by atoms with van der Waals surface area (Å²) in [6.07, 6.45) is 2.91. The van der Waals surface area contributed by atoms with Crippen molar-refractivity contribution < 1.29 is 14.1 Å². The number of anilines is 1. The molecule has 0 saturated carbocycles. The van der Waals surface area contributed by atoms with Crippen molar-refractivity contribution in [1.82, 2.24) is 9.97 Å². The van der Waals surface area contributed by atoms with Crippen LogP contribution in [0.5, 0.6) is 0 Å². The molecular formula is C21H11ClN4O5. The second kappa shape index (κ2) is 6.99. The monoisotopic (exact) mass is 434 g/mol. The Bertz CT molecular complexity index is 1440. The van der Waals surface area contributed by atoms with Gasteiger partial charge in [0.25, 0.3) is 11.6 Å². The van der Waals surface area contributed by atoms with Crippen molar-refractivity contribution in [2.45, 2.75) is 6.04 Å². The van der Waals surface area contributed by atoms with Gasteiger partial charge in [-0.05, 0) is 29.8 Å². The zero-order valence-corrected chi connectivity index (χ0v) is 16.3. The fraction of sp³-hybridized carbons (Fsp3) is 0.0476. The van der Waals surface area contributed by atoms with Gasteiger partial charge in [0.1, 0.15) is 5.58 Å². The quantitative estimate of drug-likeness (QED) is 0.354. The number of fused-ring (bicyclic) bond motifs is 2. The lowest BCUT2D eigenvalue weighted by atomic mass is 9.98. The van der Waals surface area contributed by atoms with E-state index in [1.807, 2.05) is 0 Å². The first kappa shape index (κ1) is 18.9. The summed E-state index contributed by atoms with van der Waals surface area (Å²) in [4.78, 5) is 47.0. The number of aromatic nitrogens is 2. The number of nitro groups is 1. The maximum Gasteiger partial charge on any atom is 0.297 e. The van der Waals surface area contributed by atoms with Crippen LogP contribution in [0.1, 0.15) is 27.7 Å². The fourth-order valence-corrected chi connectivity index (χ4v) is 3.86. The molecule has 3 heterocycles. The van der Waals surface area contributed by atoms with E-state index in [1.54, 1.807) is 18.2 Å². The first-order valence-electron chi connectivity index (χ1n) is 9.07. The van der Waals surface area contributed by atoms with Crippen LogP contribution in [0.25, 0.3) is 11.0 Å². The summed E-state index contributed by atoms with van der Waals surface area (Å²) in [7, 11) is 0. The predicted molar refractivity (Wildman–Crippen MR) is 111 cm³/mol. The number of carbonyl (C=O) groups is 1. The van der Waals surface area contributed by atoms with Gasteiger partial charge in [0, 0.05) is 29.5 Å². The SMILES string of the molecule is O=C1c2oc3ccc(Cl)cc3c(=O)c2C(c2cccc([N+](=O)[O-])c2)N1c1ncccn1. The predicted octanol–water partition coefficient (Wildman–Crippen LogP) is 3.89. The van der Waals surface area contributed by atoms with Gasteiger partial charge in [0.15, 0.2) is 5.43 Å². The maximum absolute atomic E-state index is 13.4. The first-order valence-corrected chi connectivity index (χ1v) is 9.44. The van der Waals surface area contributed by atoms with E-state index in [-0.39, 0.29) is 33.9 Å². The van der Waals surface area contributed by atoms with Crippen LogP contribution in [0.2, 0.25) is 5.02 Å². The highest BCUT2D eigenvalue weighted by Gasteiger charge is 2.45. The van der Waals surface area contributed by atoms with Crippen LogP contribution in [0, 0.1) is 10.1 Å². The summed E-state index contributed by atoms with van der Waals surface area (Å²) in [5, 5.41) is 11.8. The van der Waals surface area contributed by atoms with E-state index in [9.17, 15) is 19.7 Å². The van der Waals surface area contributed by atoms with Crippen molar-refractivity contribution in [2.75, 3.05) is 4.90 Å². The molecule has 1 unspecified atom stereocenters. The average molecular weight is 435 g/mol. The van der Waals surface area contributed by atoms with Gasteiger partial charge >= 0.3 is 0 Å². The largest absolute Gasteiger partial charge is 0.450 e. The molecule has 152 valence electrons. The molecule has 10 heteroatoms. The number of non-ortho nitro benzene ring substituents is 1. The topological polar surface area (TPSA) is 119 Å². The van der Waals surface area contributed by atoms with Gasteiger partial charge in [0.05, 0.1) is 21.9 Å². The number of halogens is 1. The number of hydrogen-bond donors (Lipinski definition) is 0. The third-order valence-corrected chi connectivity index (χ3v) is 5.23. The maximum atomic E-state index is 13.4. The molecule has 0 aliphatic carbocycles. The van der Waals surface area contributed by atoms with E-state index in [1.165, 1.54) is 47.6 Å². The molecule has 2 aromatic carbocycles. The molecule has 1 atom stereocenters. The second-order valence-corrected chi connectivity index (χ2v) is 7.23. The van der Waals surface area contributed by atoms with Gasteiger partial charge in [-0.2, -0.15) is 0 Å². The van der Waals surface area contributed by atoms with E-state index >= 15 is 0 Å². The molecule has 5 rings (SSSR count). The van der Waals surface area contributed by atoms with Crippen molar-refractivity contribution >= 4 is 40.1 Å². The van der Waals surface area contributed by atoms with Gasteiger partial charge in [0.2, 0.25) is 11.7 Å². The van der Waals surface area contributed by atoms with Crippen molar-refractivity contribution in [3.63, 3.8) is 0 Å². The molecule has 0 bridgehead atoms. The number of rotatable bonds is 3. The van der Waals surface area contributed by atoms with Crippen LogP contribution in [-0.2, 0) is 0 Å². The molecule has 31 heavy (non-hydrogen) atoms. The van der Waals surface area contributed by atoms with Gasteiger partial charge in [-0.25, -0.2) is 9.97 Å². The Kier molecular flexibility index (Phi) is 4.26. The Labute approximate surface area is 178 Å². The molecular weight excluding hydrogens is 424 g/mol. The number of nitrogens with zero attached hydrogens (tertiary/aromatic N) is 4. The zero-order valence-electron chi connectivity index (χ0n) is 15.6. The van der Waals surface area contributed by atoms with Crippen LogP contribution in [-0.4, -0.2) is 20.8 Å². The number of benzene rings is 2. The lowest BCUT2D eigenvalue weighted by Crippen LogP contribution is -2.31. The fourth-order valence-electron chi connectivity index (χ4n) is 3.69. The lowest BCUT2D eigenvalue weighted by molar-refractivity contribution is -0.384. The highest BCUT2D eigenvalue weighted by atomic mass is 35.5. The standard InChI is InChI=1S/C21H11ClN4O5/c22-12-5-6-15-14(10-12)18(27)16-17(11-3-1-4-13(9-11)26(29)30)25(20(28)19(16)31-15)21-23-7-2-8-24-21/h1-10,17H. The smallest absolute Gasteiger partial charge is 0.297 e. The van der Waals surface area contributed by atoms with Crippen LogP contribution in [0.15, 0.2) is 70.1 Å². The lowest BCUT2D eigenvalue weighted by Gasteiger charge is -2.22. The molecule has 2 aromatic heterocycles. The van der Waals surface area contributed by atoms with E-state index in [2.05, 4.69) is 9.97 Å². The Morgan fingerprint density at radius 2 is 1.84 bits per heavy atom. The summed E-state index contributed by atoms with van der Waals surface area (Å²) in [6, 6.07) is 10.8. The van der Waals surface area contributed by atoms with Crippen LogP contribution in [0.3, 0.4) is 0 Å². The average Bonchev–Trinajstić information content (AvgIpc) is 3.07. The van der Waals surface area contributed by atoms with Gasteiger partial charge in [-0.15, -0.1) is 0 Å². The number of hydrogen-bond acceptors (Lipinski definition) is 7. The molecule has 0 spiro atoms. The van der Waals surface area contributed by atoms with E-state index in [0.717, 1.165) is 0 Å². The molecule has 0 radical (unpaired) electrons. The Hall–Kier alpha value is -4.11. The van der Waals surface area contributed by atoms with Crippen LogP contribution < -0.4 is 10.3 Å². The Balaban J connectivity index is 1.83. The minimum Gasteiger partial charge on any atom is -0.450 e. The highest BCUT2D eigenvalue weighted by molar-refractivity contribution is 6.31. The van der Waals surface area contributed by atoms with Gasteiger partial charge in [-0.1, -0.05) is 23.7 Å². The molecule has 0 fully saturated rings. The minimum atomic E-state index is -1.01. The Morgan fingerprint density at radius 3 is 2.58 bits per heavy atom. The minimum absolute atomic E-state index is 0.0388. The summed E-state index contributed by atoms with van der Waals surface area (Å²) in [5.41, 5.74) is -0.0344. The van der Waals surface area contributed by atoms with Crippen molar-refractivity contribution in [2.24, 2.45) is 0 Å². The molecule has 1 amide bonds. The van der Waals surface area contributed by atoms with E-state index in [0.29, 0.717) is 10.6 Å². The Morgan fingerprint density at radius 1 is 1.06 bits per heavy atom.